The maximum Gasteiger partial charge on any atom is -0.00152 e. The van der Waals surface area contributed by atoms with Crippen molar-refractivity contribution >= 4 is 36.7 Å². The number of allylic oxidation sites excluding steroid dienone is 2. The summed E-state index contributed by atoms with van der Waals surface area (Å²) in [5, 5.41) is 1.36. The number of hydrogen-bond acceptors (Lipinski definition) is 6. The number of ether oxygens (including phenoxy) is 6. The SMILES string of the molecule is C=CCc1ccc(OCCOCCOCCOCCOC)c(-c2ccc(OCCCCCCCCCCP(Br)(c3ccccc3)(c3ccccc3)c3ccccc3)c(CC=C)c2)c1. The van der Waals surface area contributed by atoms with Crippen molar-refractivity contribution in [3.8, 4) is 22.6 Å². The van der Waals surface area contributed by atoms with Crippen molar-refractivity contribution in [2.45, 2.75) is 64.2 Å². The van der Waals surface area contributed by atoms with E-state index in [0.29, 0.717) is 59.5 Å². The Balaban J connectivity index is 1.06. The first-order chi connectivity index (χ1) is 31.0. The van der Waals surface area contributed by atoms with E-state index in [9.17, 15) is 0 Å². The summed E-state index contributed by atoms with van der Waals surface area (Å²) in [4.78, 5) is 0. The first kappa shape index (κ1) is 49.9. The number of rotatable bonds is 33. The molecule has 0 fully saturated rings. The molecule has 8 heteroatoms. The van der Waals surface area contributed by atoms with Crippen LogP contribution in [0.4, 0.5) is 0 Å². The van der Waals surface area contributed by atoms with Crippen LogP contribution in [-0.4, -0.2) is 72.7 Å². The van der Waals surface area contributed by atoms with Crippen molar-refractivity contribution in [1.29, 1.82) is 0 Å². The van der Waals surface area contributed by atoms with Crippen LogP contribution in [-0.2, 0) is 31.8 Å². The van der Waals surface area contributed by atoms with E-state index in [4.69, 9.17) is 28.4 Å². The van der Waals surface area contributed by atoms with Gasteiger partial charge in [-0.3, -0.25) is 0 Å². The Hall–Kier alpha value is -4.07. The normalized spacial score (nSPS) is 12.1. The minimum absolute atomic E-state index is 0.437. The van der Waals surface area contributed by atoms with Gasteiger partial charge >= 0.3 is 202 Å². The molecule has 0 aromatic heterocycles. The number of benzene rings is 5. The van der Waals surface area contributed by atoms with Gasteiger partial charge in [0.1, 0.15) is 12.4 Å². The molecule has 0 spiro atoms. The fourth-order valence-electron chi connectivity index (χ4n) is 8.12. The Labute approximate surface area is 386 Å². The van der Waals surface area contributed by atoms with E-state index in [1.54, 1.807) is 7.11 Å². The zero-order valence-corrected chi connectivity index (χ0v) is 40.1. The molecule has 0 atom stereocenters. The molecule has 0 heterocycles. The standard InChI is InChI=1S/C55H70BrO6P/c1-4-23-47-31-33-55(62-43-42-60-41-40-59-39-38-58-37-36-57-3)53(45-47)48-32-34-54(49(46-48)24-5-2)61-35-21-10-8-6-7-9-11-22-44-63(56,50-25-15-12-16-26-50,51-27-17-13-18-28-51)52-29-19-14-20-30-52/h4-5,12-20,25-34,45-46H,1-2,6-11,21-24,35-44H2,3H3. The molecule has 0 aliphatic carbocycles. The molecule has 0 aliphatic rings. The molecule has 0 radical (unpaired) electrons. The predicted molar refractivity (Wildman–Crippen MR) is 271 cm³/mol. The first-order valence-electron chi connectivity index (χ1n) is 22.9. The van der Waals surface area contributed by atoms with Crippen LogP contribution < -0.4 is 25.4 Å². The van der Waals surface area contributed by atoms with Crippen molar-refractivity contribution in [2.75, 3.05) is 72.7 Å². The summed E-state index contributed by atoms with van der Waals surface area (Å²) in [5.74, 6) is 1.74. The Morgan fingerprint density at radius 3 is 1.49 bits per heavy atom. The summed E-state index contributed by atoms with van der Waals surface area (Å²) in [7, 11) is 1.66. The van der Waals surface area contributed by atoms with Crippen LogP contribution in [0.3, 0.4) is 0 Å². The maximum atomic E-state index is 6.40. The van der Waals surface area contributed by atoms with Gasteiger partial charge in [0, 0.05) is 12.7 Å². The summed E-state index contributed by atoms with van der Waals surface area (Å²) in [6, 6.07) is 46.2. The molecular weight excluding hydrogens is 867 g/mol. The maximum absolute atomic E-state index is 6.40. The van der Waals surface area contributed by atoms with E-state index < -0.39 is 5.31 Å². The largest absolute Gasteiger partial charge is 0.103 e. The van der Waals surface area contributed by atoms with Crippen LogP contribution in [0.25, 0.3) is 11.1 Å². The second-order valence-electron chi connectivity index (χ2n) is 15.9. The molecule has 5 aromatic carbocycles. The van der Waals surface area contributed by atoms with Crippen molar-refractivity contribution < 1.29 is 28.4 Å². The van der Waals surface area contributed by atoms with E-state index in [1.807, 2.05) is 18.2 Å². The van der Waals surface area contributed by atoms with Gasteiger partial charge in [0.15, 0.2) is 0 Å². The van der Waals surface area contributed by atoms with Crippen LogP contribution in [0.15, 0.2) is 153 Å². The van der Waals surface area contributed by atoms with Gasteiger partial charge < -0.3 is 23.7 Å². The topological polar surface area (TPSA) is 55.4 Å². The predicted octanol–water partition coefficient (Wildman–Crippen LogP) is 12.2. The fraction of sp³-hybridized carbons (Fsp3) is 0.382. The molecule has 0 N–H and O–H groups in total. The number of methoxy groups -OCH3 is 1. The first-order valence-corrected chi connectivity index (χ1v) is 27.3. The van der Waals surface area contributed by atoms with Crippen molar-refractivity contribution in [2.24, 2.45) is 0 Å². The minimum atomic E-state index is -2.84. The van der Waals surface area contributed by atoms with E-state index in [1.165, 1.54) is 66.4 Å². The third-order valence-corrected chi connectivity index (χ3v) is 21.5. The summed E-state index contributed by atoms with van der Waals surface area (Å²) in [6.07, 6.45) is 16.1. The zero-order chi connectivity index (χ0) is 44.3. The molecule has 5 rings (SSSR count). The second kappa shape index (κ2) is 28.0. The van der Waals surface area contributed by atoms with Crippen molar-refractivity contribution in [3.05, 3.63) is 164 Å². The average Bonchev–Trinajstić information content (AvgIpc) is 3.33. The van der Waals surface area contributed by atoms with E-state index >= 15 is 0 Å². The molecule has 5 aromatic rings. The Morgan fingerprint density at radius 1 is 0.476 bits per heavy atom. The van der Waals surface area contributed by atoms with Crippen LogP contribution in [0, 0.1) is 0 Å². The Bertz CT molecular complexity index is 1940. The molecule has 0 saturated heterocycles. The van der Waals surface area contributed by atoms with Gasteiger partial charge in [-0.05, 0) is 53.8 Å². The van der Waals surface area contributed by atoms with Gasteiger partial charge in [0.05, 0.1) is 46.2 Å². The molecule has 338 valence electrons. The molecular formula is C55H70BrO6P. The molecule has 0 bridgehead atoms. The number of hydrogen-bond donors (Lipinski definition) is 0. The smallest absolute Gasteiger partial charge is 0.00152 e. The van der Waals surface area contributed by atoms with Crippen LogP contribution in [0.1, 0.15) is 62.5 Å². The fourth-order valence-corrected chi connectivity index (χ4v) is 15.9. The summed E-state index contributed by atoms with van der Waals surface area (Å²) < 4.78 is 34.4. The van der Waals surface area contributed by atoms with Gasteiger partial charge in [-0.15, -0.1) is 13.2 Å². The van der Waals surface area contributed by atoms with Crippen LogP contribution >= 0.6 is 20.8 Å². The van der Waals surface area contributed by atoms with Gasteiger partial charge in [0.2, 0.25) is 0 Å². The van der Waals surface area contributed by atoms with E-state index in [2.05, 4.69) is 150 Å². The molecule has 6 nitrogen and oxygen atoms in total. The van der Waals surface area contributed by atoms with Crippen molar-refractivity contribution in [1.82, 2.24) is 0 Å². The zero-order valence-electron chi connectivity index (χ0n) is 37.6. The van der Waals surface area contributed by atoms with Gasteiger partial charge in [-0.1, -0.05) is 24.3 Å². The third kappa shape index (κ3) is 15.0. The monoisotopic (exact) mass is 936 g/mol. The Kier molecular flexibility index (Phi) is 22.2. The average molecular weight is 938 g/mol. The number of unbranched alkanes of at least 4 members (excludes halogenated alkanes) is 7. The van der Waals surface area contributed by atoms with Crippen molar-refractivity contribution in [3.63, 3.8) is 0 Å². The number of halogens is 1. The molecule has 0 unspecified atom stereocenters. The summed E-state index contributed by atoms with van der Waals surface area (Å²) in [5.41, 5.74) is 4.43. The van der Waals surface area contributed by atoms with Gasteiger partial charge in [0.25, 0.3) is 0 Å². The van der Waals surface area contributed by atoms with E-state index in [-0.39, 0.29) is 0 Å². The third-order valence-electron chi connectivity index (χ3n) is 11.4. The quantitative estimate of drug-likeness (QED) is 0.0237. The van der Waals surface area contributed by atoms with Crippen LogP contribution in [0.2, 0.25) is 0 Å². The minimum Gasteiger partial charge on any atom is -0.103 e. The molecule has 0 saturated carbocycles. The summed E-state index contributed by atoms with van der Waals surface area (Å²) >= 11 is 4.61. The van der Waals surface area contributed by atoms with Crippen LogP contribution in [0.5, 0.6) is 11.5 Å². The molecule has 0 aliphatic heterocycles. The van der Waals surface area contributed by atoms with Gasteiger partial charge in [-0.2, -0.15) is 0 Å². The van der Waals surface area contributed by atoms with Gasteiger partial charge in [-0.25, -0.2) is 0 Å². The molecule has 63 heavy (non-hydrogen) atoms. The second-order valence-corrected chi connectivity index (χ2v) is 25.0. The summed E-state index contributed by atoms with van der Waals surface area (Å²) in [6.45, 7) is 12.8. The Morgan fingerprint density at radius 2 is 0.952 bits per heavy atom. The molecule has 0 amide bonds. The van der Waals surface area contributed by atoms with E-state index in [0.717, 1.165) is 53.6 Å².